The molecule has 298 valence electrons. The fourth-order valence-electron chi connectivity index (χ4n) is 6.68. The number of allylic oxidation sites excluding steroid dienone is 14. The van der Waals surface area contributed by atoms with E-state index in [9.17, 15) is 0 Å². The van der Waals surface area contributed by atoms with E-state index in [1.807, 2.05) is 52.8 Å². The molecule has 0 saturated carbocycles. The Kier molecular flexibility index (Phi) is 21.7. The SMILES string of the molecule is C=C/C=C\C=C\Cc1cc(CCc2ccccc2)cc(CCc2cc(C)cc(OCc3cc(CC(/C=C\C)=C/C=C)cc(OC4=CC=CCC4)c3)c2)c1.CC.CC. The lowest BCUT2D eigenvalue weighted by Crippen LogP contribution is -2.02. The maximum Gasteiger partial charge on any atom is 0.127 e. The van der Waals surface area contributed by atoms with E-state index in [4.69, 9.17) is 9.47 Å². The van der Waals surface area contributed by atoms with Crippen LogP contribution in [0.3, 0.4) is 0 Å². The van der Waals surface area contributed by atoms with Gasteiger partial charge in [0.15, 0.2) is 0 Å². The fraction of sp³-hybridized carbons (Fsp3) is 0.273. The van der Waals surface area contributed by atoms with Crippen molar-refractivity contribution in [1.82, 2.24) is 0 Å². The Bertz CT molecular complexity index is 2000. The molecular formula is C55H66O2. The lowest BCUT2D eigenvalue weighted by molar-refractivity contribution is 0.304. The van der Waals surface area contributed by atoms with Gasteiger partial charge in [0.25, 0.3) is 0 Å². The van der Waals surface area contributed by atoms with Crippen LogP contribution in [0.15, 0.2) is 182 Å². The number of benzene rings is 4. The van der Waals surface area contributed by atoms with Crippen LogP contribution < -0.4 is 9.47 Å². The van der Waals surface area contributed by atoms with Crippen LogP contribution in [0.2, 0.25) is 0 Å². The van der Waals surface area contributed by atoms with Gasteiger partial charge in [0.05, 0.1) is 0 Å². The van der Waals surface area contributed by atoms with Crippen molar-refractivity contribution < 1.29 is 9.47 Å². The van der Waals surface area contributed by atoms with Crippen LogP contribution in [0, 0.1) is 6.92 Å². The maximum atomic E-state index is 6.50. The number of rotatable bonds is 19. The van der Waals surface area contributed by atoms with E-state index < -0.39 is 0 Å². The summed E-state index contributed by atoms with van der Waals surface area (Å²) in [5, 5.41) is 0. The average Bonchev–Trinajstić information content (AvgIpc) is 3.23. The fourth-order valence-corrected chi connectivity index (χ4v) is 6.68. The summed E-state index contributed by atoms with van der Waals surface area (Å²) in [6.07, 6.45) is 32.1. The van der Waals surface area contributed by atoms with E-state index in [1.165, 1.54) is 44.5 Å². The van der Waals surface area contributed by atoms with Crippen LogP contribution in [0.1, 0.15) is 92.0 Å². The second-order valence-corrected chi connectivity index (χ2v) is 13.7. The number of ether oxygens (including phenoxy) is 2. The minimum Gasteiger partial charge on any atom is -0.489 e. The van der Waals surface area contributed by atoms with Crippen LogP contribution in [-0.2, 0) is 45.1 Å². The Morgan fingerprint density at radius 2 is 1.32 bits per heavy atom. The van der Waals surface area contributed by atoms with Crippen LogP contribution in [0.5, 0.6) is 11.5 Å². The monoisotopic (exact) mass is 759 g/mol. The first-order chi connectivity index (χ1) is 28.0. The highest BCUT2D eigenvalue weighted by molar-refractivity contribution is 5.41. The molecule has 0 amide bonds. The van der Waals surface area contributed by atoms with Crippen LogP contribution in [0.25, 0.3) is 0 Å². The topological polar surface area (TPSA) is 18.5 Å². The summed E-state index contributed by atoms with van der Waals surface area (Å²) in [5.41, 5.74) is 11.4. The summed E-state index contributed by atoms with van der Waals surface area (Å²) in [5.74, 6) is 2.73. The van der Waals surface area contributed by atoms with Gasteiger partial charge in [-0.15, -0.1) is 0 Å². The van der Waals surface area contributed by atoms with E-state index in [2.05, 4.69) is 154 Å². The zero-order valence-corrected chi connectivity index (χ0v) is 35.6. The summed E-state index contributed by atoms with van der Waals surface area (Å²) in [6.45, 7) is 20.3. The van der Waals surface area contributed by atoms with E-state index in [0.29, 0.717) is 6.61 Å². The van der Waals surface area contributed by atoms with Crippen molar-refractivity contribution in [2.24, 2.45) is 0 Å². The van der Waals surface area contributed by atoms with E-state index in [0.717, 1.165) is 74.2 Å². The van der Waals surface area contributed by atoms with Gasteiger partial charge in [-0.2, -0.15) is 0 Å². The molecule has 0 saturated heterocycles. The van der Waals surface area contributed by atoms with Gasteiger partial charge >= 0.3 is 0 Å². The summed E-state index contributed by atoms with van der Waals surface area (Å²) >= 11 is 0. The molecule has 57 heavy (non-hydrogen) atoms. The van der Waals surface area contributed by atoms with Gasteiger partial charge in [-0.1, -0.05) is 168 Å². The van der Waals surface area contributed by atoms with Gasteiger partial charge in [0.1, 0.15) is 23.9 Å². The minimum atomic E-state index is 0.457. The molecule has 0 unspecified atom stereocenters. The van der Waals surface area contributed by atoms with E-state index >= 15 is 0 Å². The smallest absolute Gasteiger partial charge is 0.127 e. The highest BCUT2D eigenvalue weighted by Crippen LogP contribution is 2.27. The van der Waals surface area contributed by atoms with Gasteiger partial charge < -0.3 is 9.47 Å². The molecule has 4 aromatic rings. The number of hydrogen-bond donors (Lipinski definition) is 0. The predicted octanol–water partition coefficient (Wildman–Crippen LogP) is 14.9. The van der Waals surface area contributed by atoms with Gasteiger partial charge in [-0.05, 0) is 139 Å². The molecule has 4 aromatic carbocycles. The van der Waals surface area contributed by atoms with Crippen LogP contribution >= 0.6 is 0 Å². The zero-order valence-electron chi connectivity index (χ0n) is 35.6. The van der Waals surface area contributed by atoms with Crippen molar-refractivity contribution >= 4 is 0 Å². The molecule has 0 atom stereocenters. The first-order valence-corrected chi connectivity index (χ1v) is 20.9. The lowest BCUT2D eigenvalue weighted by Gasteiger charge is -2.16. The molecule has 1 aliphatic carbocycles. The molecule has 0 radical (unpaired) electrons. The molecule has 2 heteroatoms. The zero-order chi connectivity index (χ0) is 41.1. The highest BCUT2D eigenvalue weighted by atomic mass is 16.5. The quantitative estimate of drug-likeness (QED) is 0.0887. The Morgan fingerprint density at radius 3 is 1.98 bits per heavy atom. The molecule has 2 nitrogen and oxygen atoms in total. The normalized spacial score (nSPS) is 12.5. The third-order valence-corrected chi connectivity index (χ3v) is 9.10. The Hall–Kier alpha value is -5.60. The predicted molar refractivity (Wildman–Crippen MR) is 248 cm³/mol. The molecular weight excluding hydrogens is 693 g/mol. The number of hydrogen-bond acceptors (Lipinski definition) is 2. The van der Waals surface area contributed by atoms with Gasteiger partial charge in [-0.25, -0.2) is 0 Å². The van der Waals surface area contributed by atoms with Crippen LogP contribution in [-0.4, -0.2) is 0 Å². The molecule has 0 spiro atoms. The summed E-state index contributed by atoms with van der Waals surface area (Å²) in [4.78, 5) is 0. The van der Waals surface area contributed by atoms with Crippen molar-refractivity contribution in [3.63, 3.8) is 0 Å². The second-order valence-electron chi connectivity index (χ2n) is 13.7. The van der Waals surface area contributed by atoms with E-state index in [-0.39, 0.29) is 0 Å². The van der Waals surface area contributed by atoms with Gasteiger partial charge in [0.2, 0.25) is 0 Å². The molecule has 0 heterocycles. The third kappa shape index (κ3) is 17.4. The third-order valence-electron chi connectivity index (χ3n) is 9.10. The lowest BCUT2D eigenvalue weighted by atomic mass is 9.95. The summed E-state index contributed by atoms with van der Waals surface area (Å²) in [7, 11) is 0. The van der Waals surface area contributed by atoms with E-state index in [1.54, 1.807) is 6.08 Å². The molecule has 0 aliphatic heterocycles. The van der Waals surface area contributed by atoms with Crippen molar-refractivity contribution in [2.45, 2.75) is 99.5 Å². The number of aryl methyl sites for hydroxylation is 5. The highest BCUT2D eigenvalue weighted by Gasteiger charge is 2.10. The van der Waals surface area contributed by atoms with Crippen molar-refractivity contribution in [2.75, 3.05) is 0 Å². The summed E-state index contributed by atoms with van der Waals surface area (Å²) in [6, 6.07) is 31.0. The molecule has 5 rings (SSSR count). The van der Waals surface area contributed by atoms with Crippen molar-refractivity contribution in [3.8, 4) is 11.5 Å². The van der Waals surface area contributed by atoms with Gasteiger partial charge in [-0.3, -0.25) is 0 Å². The molecule has 1 aliphatic rings. The largest absolute Gasteiger partial charge is 0.489 e. The Morgan fingerprint density at radius 1 is 0.667 bits per heavy atom. The molecule has 0 aromatic heterocycles. The van der Waals surface area contributed by atoms with Crippen molar-refractivity contribution in [3.05, 3.63) is 227 Å². The van der Waals surface area contributed by atoms with Gasteiger partial charge in [0, 0.05) is 6.42 Å². The molecule has 0 N–H and O–H groups in total. The standard InChI is InChI=1S/C51H54O2.2C2H6/c1-5-8-9-10-13-22-43-32-45(26-25-41-20-14-11-15-21-41)34-46(33-43)28-27-44-29-40(4)30-50(36-44)52-39-48-35-47(31-42(18-6-2)19-7-3)37-51(38-48)53-49-23-16-12-17-24-49;2*1-2/h5-16,18-21,23,29-30,32-38H,1-2,17,22,24-28,31,39H2,3-4H3;2*1-2H3/b9-8-,13-10+,19-7-,42-18+;;. The Balaban J connectivity index is 0.00000211. The molecule has 0 bridgehead atoms. The summed E-state index contributed by atoms with van der Waals surface area (Å²) < 4.78 is 12.9. The maximum absolute atomic E-state index is 6.50. The second kappa shape index (κ2) is 27.1. The Labute approximate surface area is 346 Å². The average molecular weight is 759 g/mol. The van der Waals surface area contributed by atoms with Crippen molar-refractivity contribution in [1.29, 1.82) is 0 Å². The minimum absolute atomic E-state index is 0.457. The first kappa shape index (κ1) is 45.8. The first-order valence-electron chi connectivity index (χ1n) is 20.9. The van der Waals surface area contributed by atoms with Crippen LogP contribution in [0.4, 0.5) is 0 Å². The molecule has 0 fully saturated rings.